The Morgan fingerprint density at radius 1 is 0.298 bits per heavy atom. The smallest absolute Gasteiger partial charge is 0.0546 e. The first-order valence-electron chi connectivity index (χ1n) is 19.8. The van der Waals surface area contributed by atoms with E-state index in [2.05, 4.69) is 230 Å². The van der Waals surface area contributed by atoms with Gasteiger partial charge in [0.15, 0.2) is 0 Å². The number of benzene rings is 10. The topological polar surface area (TPSA) is 6.48 Å². The van der Waals surface area contributed by atoms with Crippen LogP contribution < -0.4 is 9.80 Å². The summed E-state index contributed by atoms with van der Waals surface area (Å²) in [5.74, 6) is 0. The van der Waals surface area contributed by atoms with Crippen LogP contribution in [-0.2, 0) is 5.41 Å². The fourth-order valence-corrected chi connectivity index (χ4v) is 9.29. The zero-order valence-electron chi connectivity index (χ0n) is 32.0. The van der Waals surface area contributed by atoms with Gasteiger partial charge in [-0.2, -0.15) is 0 Å². The molecule has 0 radical (unpaired) electrons. The first-order valence-corrected chi connectivity index (χ1v) is 19.8. The molecule has 11 rings (SSSR count). The third-order valence-electron chi connectivity index (χ3n) is 12.1. The number of hydrogen-bond donors (Lipinski definition) is 0. The maximum Gasteiger partial charge on any atom is 0.0546 e. The first kappa shape index (κ1) is 33.2. The van der Waals surface area contributed by atoms with Gasteiger partial charge in [0, 0.05) is 39.2 Å². The molecule has 0 amide bonds. The molecule has 0 heterocycles. The van der Waals surface area contributed by atoms with Gasteiger partial charge < -0.3 is 9.80 Å². The molecule has 0 aliphatic heterocycles. The highest BCUT2D eigenvalue weighted by molar-refractivity contribution is 6.16. The van der Waals surface area contributed by atoms with Gasteiger partial charge in [-0.3, -0.25) is 0 Å². The molecule has 2 heteroatoms. The highest BCUT2D eigenvalue weighted by Crippen LogP contribution is 2.53. The normalized spacial score (nSPS) is 12.9. The molecule has 0 saturated carbocycles. The summed E-state index contributed by atoms with van der Waals surface area (Å²) < 4.78 is 0. The summed E-state index contributed by atoms with van der Waals surface area (Å²) in [4.78, 5) is 4.82. The molecule has 0 spiro atoms. The summed E-state index contributed by atoms with van der Waals surface area (Å²) in [6.45, 7) is 4.78. The number of anilines is 6. The molecule has 57 heavy (non-hydrogen) atoms. The summed E-state index contributed by atoms with van der Waals surface area (Å²) in [5, 5.41) is 9.93. The average Bonchev–Trinajstić information content (AvgIpc) is 3.48. The van der Waals surface area contributed by atoms with E-state index in [0.29, 0.717) is 0 Å². The van der Waals surface area contributed by atoms with Gasteiger partial charge in [-0.1, -0.05) is 141 Å². The Bertz CT molecular complexity index is 3160. The number of rotatable bonds is 6. The van der Waals surface area contributed by atoms with Crippen LogP contribution in [0.25, 0.3) is 54.2 Å². The van der Waals surface area contributed by atoms with Crippen molar-refractivity contribution in [2.24, 2.45) is 0 Å². The SMILES string of the molecule is CC1(C)c2cc(N(c3ccccc3)c3ccc4ccccc4c3)ccc2-c2cc3c(cc21)cc(N(c1ccccc1)c1ccc2ccccc2c1)c1ccccc13. The highest BCUT2D eigenvalue weighted by Gasteiger charge is 2.37. The zero-order chi connectivity index (χ0) is 38.1. The van der Waals surface area contributed by atoms with Crippen molar-refractivity contribution in [3.8, 4) is 11.1 Å². The number of para-hydroxylation sites is 2. The van der Waals surface area contributed by atoms with Crippen LogP contribution in [0.1, 0.15) is 25.0 Å². The summed E-state index contributed by atoms with van der Waals surface area (Å²) in [7, 11) is 0. The second-order valence-electron chi connectivity index (χ2n) is 15.8. The van der Waals surface area contributed by atoms with Crippen molar-refractivity contribution in [3.05, 3.63) is 217 Å². The fraction of sp³-hybridized carbons (Fsp3) is 0.0545. The quantitative estimate of drug-likeness (QED) is 0.157. The Kier molecular flexibility index (Phi) is 7.55. The van der Waals surface area contributed by atoms with Gasteiger partial charge in [-0.25, -0.2) is 0 Å². The van der Waals surface area contributed by atoms with Gasteiger partial charge in [0.2, 0.25) is 0 Å². The summed E-state index contributed by atoms with van der Waals surface area (Å²) in [5.41, 5.74) is 12.0. The second kappa shape index (κ2) is 13.0. The van der Waals surface area contributed by atoms with E-state index in [9.17, 15) is 0 Å². The second-order valence-corrected chi connectivity index (χ2v) is 15.8. The average molecular weight is 729 g/mol. The molecule has 1 aliphatic carbocycles. The largest absolute Gasteiger partial charge is 0.310 e. The van der Waals surface area contributed by atoms with Crippen LogP contribution in [0.3, 0.4) is 0 Å². The lowest BCUT2D eigenvalue weighted by molar-refractivity contribution is 0.661. The minimum atomic E-state index is -0.218. The molecule has 0 unspecified atom stereocenters. The molecule has 0 atom stereocenters. The van der Waals surface area contributed by atoms with E-state index in [1.165, 1.54) is 71.0 Å². The van der Waals surface area contributed by atoms with Crippen molar-refractivity contribution in [2.45, 2.75) is 19.3 Å². The lowest BCUT2D eigenvalue weighted by atomic mass is 9.81. The van der Waals surface area contributed by atoms with Gasteiger partial charge in [0.1, 0.15) is 0 Å². The van der Waals surface area contributed by atoms with Crippen LogP contribution in [0.4, 0.5) is 34.1 Å². The molecule has 0 fully saturated rings. The highest BCUT2D eigenvalue weighted by atomic mass is 15.1. The summed E-state index contributed by atoms with van der Waals surface area (Å²) in [6, 6.07) is 75.7. The van der Waals surface area contributed by atoms with E-state index in [1.807, 2.05) is 0 Å². The summed E-state index contributed by atoms with van der Waals surface area (Å²) >= 11 is 0. The Balaban J connectivity index is 1.09. The van der Waals surface area contributed by atoms with Gasteiger partial charge in [0.05, 0.1) is 5.69 Å². The van der Waals surface area contributed by atoms with E-state index in [-0.39, 0.29) is 5.41 Å². The van der Waals surface area contributed by atoms with E-state index in [4.69, 9.17) is 0 Å². The summed E-state index contributed by atoms with van der Waals surface area (Å²) in [6.07, 6.45) is 0. The van der Waals surface area contributed by atoms with Crippen LogP contribution in [0.15, 0.2) is 206 Å². The van der Waals surface area contributed by atoms with Gasteiger partial charge in [0.25, 0.3) is 0 Å². The van der Waals surface area contributed by atoms with Crippen molar-refractivity contribution in [1.82, 2.24) is 0 Å². The van der Waals surface area contributed by atoms with E-state index >= 15 is 0 Å². The van der Waals surface area contributed by atoms with Crippen LogP contribution in [-0.4, -0.2) is 0 Å². The van der Waals surface area contributed by atoms with E-state index in [0.717, 1.165) is 28.4 Å². The number of nitrogens with zero attached hydrogens (tertiary/aromatic N) is 2. The monoisotopic (exact) mass is 728 g/mol. The molecule has 1 aliphatic rings. The third kappa shape index (κ3) is 5.40. The molecule has 270 valence electrons. The lowest BCUT2D eigenvalue weighted by Gasteiger charge is -2.29. The minimum absolute atomic E-state index is 0.218. The van der Waals surface area contributed by atoms with Crippen LogP contribution in [0.2, 0.25) is 0 Å². The zero-order valence-corrected chi connectivity index (χ0v) is 32.0. The Labute approximate surface area is 333 Å². The molecule has 10 aromatic carbocycles. The minimum Gasteiger partial charge on any atom is -0.310 e. The standard InChI is InChI=1S/C55H40N2/c1-55(2)52-33-41-34-54(57(43-21-7-4-8-22-43)45-28-26-38-16-10-12-18-40(38)32-45)49-24-14-13-23-47(49)50(41)36-51(52)48-30-29-46(35-53(48)55)56(42-19-5-3-6-20-42)44-27-25-37-15-9-11-17-39(37)31-44/h3-36H,1-2H3. The first-order chi connectivity index (χ1) is 28.0. The lowest BCUT2D eigenvalue weighted by Crippen LogP contribution is -2.16. The van der Waals surface area contributed by atoms with Crippen LogP contribution in [0, 0.1) is 0 Å². The van der Waals surface area contributed by atoms with Crippen molar-refractivity contribution >= 4 is 77.2 Å². The molecule has 2 nitrogen and oxygen atoms in total. The van der Waals surface area contributed by atoms with Crippen LogP contribution >= 0.6 is 0 Å². The number of fused-ring (bicyclic) bond motifs is 8. The van der Waals surface area contributed by atoms with Gasteiger partial charge in [-0.05, 0) is 139 Å². The number of hydrogen-bond acceptors (Lipinski definition) is 2. The third-order valence-corrected chi connectivity index (χ3v) is 12.1. The van der Waals surface area contributed by atoms with E-state index in [1.54, 1.807) is 0 Å². The maximum absolute atomic E-state index is 2.47. The Morgan fingerprint density at radius 3 is 1.44 bits per heavy atom. The molecular formula is C55H40N2. The fourth-order valence-electron chi connectivity index (χ4n) is 9.29. The predicted molar refractivity (Wildman–Crippen MR) is 243 cm³/mol. The van der Waals surface area contributed by atoms with Gasteiger partial charge in [-0.15, -0.1) is 0 Å². The predicted octanol–water partition coefficient (Wildman–Crippen LogP) is 15.5. The molecule has 10 aromatic rings. The van der Waals surface area contributed by atoms with Gasteiger partial charge >= 0.3 is 0 Å². The molecule has 0 saturated heterocycles. The van der Waals surface area contributed by atoms with Crippen LogP contribution in [0.5, 0.6) is 0 Å². The molecule has 0 aromatic heterocycles. The van der Waals surface area contributed by atoms with Crippen molar-refractivity contribution in [3.63, 3.8) is 0 Å². The maximum atomic E-state index is 2.47. The van der Waals surface area contributed by atoms with Crippen molar-refractivity contribution in [2.75, 3.05) is 9.80 Å². The Morgan fingerprint density at radius 2 is 0.789 bits per heavy atom. The Hall–Kier alpha value is -7.16. The van der Waals surface area contributed by atoms with Crippen molar-refractivity contribution in [1.29, 1.82) is 0 Å². The van der Waals surface area contributed by atoms with E-state index < -0.39 is 0 Å². The van der Waals surface area contributed by atoms with Crippen molar-refractivity contribution < 1.29 is 0 Å². The molecule has 0 N–H and O–H groups in total. The molecule has 0 bridgehead atoms. The molecular weight excluding hydrogens is 689 g/mol.